The molecule has 0 aromatic rings. The normalized spacial score (nSPS) is 53.4. The Kier molecular flexibility index (Phi) is 2.13. The predicted octanol–water partition coefficient (Wildman–Crippen LogP) is 1.16. The van der Waals surface area contributed by atoms with Crippen LogP contribution in [0.1, 0.15) is 12.8 Å². The van der Waals surface area contributed by atoms with E-state index in [1.807, 2.05) is 0 Å². The van der Waals surface area contributed by atoms with E-state index in [0.717, 1.165) is 19.4 Å². The second-order valence-corrected chi connectivity index (χ2v) is 5.89. The van der Waals surface area contributed by atoms with Crippen LogP contribution in [0.25, 0.3) is 0 Å². The van der Waals surface area contributed by atoms with Crippen LogP contribution in [-0.4, -0.2) is 38.5 Å². The molecule has 98 valence electrons. The molecule has 0 N–H and O–H groups in total. The van der Waals surface area contributed by atoms with E-state index in [2.05, 4.69) is 12.2 Å². The Labute approximate surface area is 106 Å². The van der Waals surface area contributed by atoms with Crippen molar-refractivity contribution >= 4 is 5.78 Å². The molecule has 0 aromatic carbocycles. The summed E-state index contributed by atoms with van der Waals surface area (Å²) in [6, 6.07) is 0. The fourth-order valence-electron chi connectivity index (χ4n) is 4.66. The maximum absolute atomic E-state index is 12.7. The minimum Gasteiger partial charge on any atom is -0.381 e. The number of ether oxygens (including phenoxy) is 3. The van der Waals surface area contributed by atoms with Crippen molar-refractivity contribution in [2.45, 2.75) is 18.6 Å². The molecule has 2 aliphatic heterocycles. The molecule has 1 spiro atoms. The number of allylic oxidation sites excluding steroid dienone is 1. The molecule has 4 heteroatoms. The maximum Gasteiger partial charge on any atom is 0.239 e. The van der Waals surface area contributed by atoms with Gasteiger partial charge in [-0.1, -0.05) is 12.2 Å². The highest BCUT2D eigenvalue weighted by atomic mass is 16.7. The van der Waals surface area contributed by atoms with E-state index in [9.17, 15) is 4.79 Å². The van der Waals surface area contributed by atoms with E-state index in [1.54, 1.807) is 7.11 Å². The molecule has 0 amide bonds. The van der Waals surface area contributed by atoms with Crippen molar-refractivity contribution in [2.24, 2.45) is 23.2 Å². The SMILES string of the molecule is CO[C@@]12OCC[C@@H]3COCC4C[C@H](C=C[C@@]431)C2=O. The van der Waals surface area contributed by atoms with Crippen LogP contribution >= 0.6 is 0 Å². The van der Waals surface area contributed by atoms with Crippen LogP contribution in [0.3, 0.4) is 0 Å². The topological polar surface area (TPSA) is 44.8 Å². The van der Waals surface area contributed by atoms with Crippen LogP contribution in [0.4, 0.5) is 0 Å². The molecule has 18 heavy (non-hydrogen) atoms. The van der Waals surface area contributed by atoms with E-state index in [-0.39, 0.29) is 17.1 Å². The number of rotatable bonds is 1. The largest absolute Gasteiger partial charge is 0.381 e. The smallest absolute Gasteiger partial charge is 0.239 e. The molecule has 2 saturated heterocycles. The zero-order chi connectivity index (χ0) is 12.4. The van der Waals surface area contributed by atoms with Crippen LogP contribution < -0.4 is 0 Å². The van der Waals surface area contributed by atoms with Crippen LogP contribution in [0.5, 0.6) is 0 Å². The Morgan fingerprint density at radius 3 is 3.06 bits per heavy atom. The van der Waals surface area contributed by atoms with Crippen molar-refractivity contribution in [3.05, 3.63) is 12.2 Å². The van der Waals surface area contributed by atoms with E-state index < -0.39 is 5.79 Å². The number of ketones is 1. The Bertz CT molecular complexity index is 430. The van der Waals surface area contributed by atoms with E-state index in [1.165, 1.54) is 0 Å². The Hall–Kier alpha value is -0.710. The standard InChI is InChI=1S/C14H18O4/c1-16-14-12(15)9-2-4-13(14)10(3-5-18-14)7-17-8-11(13)6-9/h2,4,9-11H,3,5-8H2,1H3/t9-,10+,11?,13-,14-/m0/s1. The van der Waals surface area contributed by atoms with Gasteiger partial charge >= 0.3 is 0 Å². The van der Waals surface area contributed by atoms with Gasteiger partial charge in [-0.25, -0.2) is 0 Å². The monoisotopic (exact) mass is 250 g/mol. The highest BCUT2D eigenvalue weighted by Crippen LogP contribution is 2.63. The lowest BCUT2D eigenvalue weighted by Crippen LogP contribution is -2.73. The third-order valence-electron chi connectivity index (χ3n) is 5.42. The summed E-state index contributed by atoms with van der Waals surface area (Å²) in [5.74, 6) is -0.287. The van der Waals surface area contributed by atoms with Crippen LogP contribution in [0.2, 0.25) is 0 Å². The van der Waals surface area contributed by atoms with Gasteiger partial charge in [0.2, 0.25) is 5.79 Å². The highest BCUT2D eigenvalue weighted by molar-refractivity contribution is 5.93. The number of hydrogen-bond acceptors (Lipinski definition) is 4. The second kappa shape index (κ2) is 3.44. The minimum atomic E-state index is -1.04. The van der Waals surface area contributed by atoms with E-state index in [4.69, 9.17) is 14.2 Å². The molecule has 0 aromatic heterocycles. The average molecular weight is 250 g/mol. The summed E-state index contributed by atoms with van der Waals surface area (Å²) in [4.78, 5) is 12.7. The quantitative estimate of drug-likeness (QED) is 0.655. The molecule has 5 rings (SSSR count). The van der Waals surface area contributed by atoms with Crippen molar-refractivity contribution in [1.82, 2.24) is 0 Å². The van der Waals surface area contributed by atoms with Crippen LogP contribution in [0.15, 0.2) is 12.2 Å². The van der Waals surface area contributed by atoms with E-state index in [0.29, 0.717) is 25.0 Å². The van der Waals surface area contributed by atoms with Crippen molar-refractivity contribution in [3.8, 4) is 0 Å². The molecule has 5 atom stereocenters. The van der Waals surface area contributed by atoms with Gasteiger partial charge in [0.1, 0.15) is 0 Å². The van der Waals surface area contributed by atoms with Crippen LogP contribution in [0, 0.1) is 23.2 Å². The summed E-state index contributed by atoms with van der Waals surface area (Å²) in [6.07, 6.45) is 6.12. The minimum absolute atomic E-state index is 0.0581. The Morgan fingerprint density at radius 2 is 2.22 bits per heavy atom. The zero-order valence-electron chi connectivity index (χ0n) is 10.6. The van der Waals surface area contributed by atoms with Gasteiger partial charge < -0.3 is 14.2 Å². The molecule has 5 aliphatic rings. The fourth-order valence-corrected chi connectivity index (χ4v) is 4.66. The lowest BCUT2D eigenvalue weighted by molar-refractivity contribution is -0.334. The first-order valence-electron chi connectivity index (χ1n) is 6.75. The fraction of sp³-hybridized carbons (Fsp3) is 0.786. The lowest BCUT2D eigenvalue weighted by Gasteiger charge is -2.64. The summed E-state index contributed by atoms with van der Waals surface area (Å²) < 4.78 is 17.3. The van der Waals surface area contributed by atoms with E-state index >= 15 is 0 Å². The molecule has 3 aliphatic carbocycles. The Morgan fingerprint density at radius 1 is 1.39 bits per heavy atom. The van der Waals surface area contributed by atoms with Gasteiger partial charge in [-0.05, 0) is 24.7 Å². The summed E-state index contributed by atoms with van der Waals surface area (Å²) in [5, 5.41) is 0. The third kappa shape index (κ3) is 0.985. The molecule has 0 radical (unpaired) electrons. The maximum atomic E-state index is 12.7. The highest BCUT2D eigenvalue weighted by Gasteiger charge is 2.72. The molecule has 3 fully saturated rings. The number of carbonyl (C=O) groups is 1. The first kappa shape index (κ1) is 11.1. The summed E-state index contributed by atoms with van der Waals surface area (Å²) in [5.41, 5.74) is -0.288. The lowest BCUT2D eigenvalue weighted by atomic mass is 9.48. The summed E-state index contributed by atoms with van der Waals surface area (Å²) >= 11 is 0. The summed E-state index contributed by atoms with van der Waals surface area (Å²) in [7, 11) is 1.61. The second-order valence-electron chi connectivity index (χ2n) is 5.89. The number of Topliss-reactive ketones (excluding diaryl/α,β-unsaturated/α-hetero) is 1. The Balaban J connectivity index is 1.94. The number of methoxy groups -OCH3 is 1. The molecule has 1 unspecified atom stereocenters. The summed E-state index contributed by atoms with van der Waals surface area (Å²) in [6.45, 7) is 2.02. The van der Waals surface area contributed by atoms with Crippen molar-refractivity contribution in [1.29, 1.82) is 0 Å². The van der Waals surface area contributed by atoms with Crippen molar-refractivity contribution in [2.75, 3.05) is 26.9 Å². The molecule has 2 bridgehead atoms. The first-order valence-corrected chi connectivity index (χ1v) is 6.75. The molecule has 2 heterocycles. The average Bonchev–Trinajstić information content (AvgIpc) is 2.42. The van der Waals surface area contributed by atoms with Crippen molar-refractivity contribution < 1.29 is 19.0 Å². The van der Waals surface area contributed by atoms with Gasteiger partial charge in [0.15, 0.2) is 5.78 Å². The molecule has 1 saturated carbocycles. The van der Waals surface area contributed by atoms with Crippen molar-refractivity contribution in [3.63, 3.8) is 0 Å². The number of carbonyl (C=O) groups excluding carboxylic acids is 1. The third-order valence-corrected chi connectivity index (χ3v) is 5.42. The van der Waals surface area contributed by atoms with Gasteiger partial charge in [-0.15, -0.1) is 0 Å². The predicted molar refractivity (Wildman–Crippen MR) is 62.8 cm³/mol. The van der Waals surface area contributed by atoms with Gasteiger partial charge in [-0.3, -0.25) is 4.79 Å². The molecular formula is C14H18O4. The zero-order valence-corrected chi connectivity index (χ0v) is 10.6. The van der Waals surface area contributed by atoms with Gasteiger partial charge in [0.25, 0.3) is 0 Å². The molecule has 4 nitrogen and oxygen atoms in total. The first-order chi connectivity index (χ1) is 8.74. The van der Waals surface area contributed by atoms with Gasteiger partial charge in [0.05, 0.1) is 25.2 Å². The molecular weight excluding hydrogens is 232 g/mol. The van der Waals surface area contributed by atoms with Crippen LogP contribution in [-0.2, 0) is 19.0 Å². The van der Waals surface area contributed by atoms with Gasteiger partial charge in [0, 0.05) is 13.0 Å². The van der Waals surface area contributed by atoms with Gasteiger partial charge in [-0.2, -0.15) is 0 Å². The number of hydrogen-bond donors (Lipinski definition) is 0.